The standard InChI is InChI=1S/C15H26N2OS/c1-5-17(12(3)11-18-4)14-8-7-9-15(19-6-2)13(14)10-16/h7-9,12H,5-6,10-11,16H2,1-4H3. The van der Waals surface area contributed by atoms with Crippen LogP contribution in [0.1, 0.15) is 26.3 Å². The molecule has 108 valence electrons. The van der Waals surface area contributed by atoms with Crippen molar-refractivity contribution in [2.24, 2.45) is 5.73 Å². The molecule has 1 aromatic carbocycles. The second-order valence-corrected chi connectivity index (χ2v) is 5.79. The van der Waals surface area contributed by atoms with Gasteiger partial charge in [0.15, 0.2) is 0 Å². The number of hydrogen-bond donors (Lipinski definition) is 1. The van der Waals surface area contributed by atoms with Crippen LogP contribution in [0.25, 0.3) is 0 Å². The van der Waals surface area contributed by atoms with Gasteiger partial charge in [0.2, 0.25) is 0 Å². The topological polar surface area (TPSA) is 38.5 Å². The molecule has 1 atom stereocenters. The van der Waals surface area contributed by atoms with Crippen LogP contribution in [0.2, 0.25) is 0 Å². The summed E-state index contributed by atoms with van der Waals surface area (Å²) < 4.78 is 5.28. The lowest BCUT2D eigenvalue weighted by Crippen LogP contribution is -2.37. The highest BCUT2D eigenvalue weighted by Crippen LogP contribution is 2.31. The molecule has 0 aliphatic heterocycles. The van der Waals surface area contributed by atoms with Gasteiger partial charge < -0.3 is 15.4 Å². The zero-order chi connectivity index (χ0) is 14.3. The van der Waals surface area contributed by atoms with Gasteiger partial charge in [-0.2, -0.15) is 0 Å². The van der Waals surface area contributed by atoms with Crippen LogP contribution in [0.5, 0.6) is 0 Å². The van der Waals surface area contributed by atoms with Gasteiger partial charge in [-0.25, -0.2) is 0 Å². The molecule has 0 aromatic heterocycles. The Morgan fingerprint density at radius 2 is 2.11 bits per heavy atom. The summed E-state index contributed by atoms with van der Waals surface area (Å²) in [5, 5.41) is 0. The van der Waals surface area contributed by atoms with Gasteiger partial charge in [0.05, 0.1) is 6.61 Å². The maximum absolute atomic E-state index is 5.98. The number of methoxy groups -OCH3 is 1. The van der Waals surface area contributed by atoms with Crippen LogP contribution in [0.3, 0.4) is 0 Å². The normalized spacial score (nSPS) is 12.5. The first kappa shape index (κ1) is 16.3. The molecule has 0 aliphatic rings. The van der Waals surface area contributed by atoms with Crippen molar-refractivity contribution in [3.05, 3.63) is 23.8 Å². The molecule has 1 rings (SSSR count). The maximum atomic E-state index is 5.98. The first-order chi connectivity index (χ1) is 9.19. The number of benzene rings is 1. The van der Waals surface area contributed by atoms with Gasteiger partial charge in [-0.3, -0.25) is 0 Å². The highest BCUT2D eigenvalue weighted by atomic mass is 32.2. The summed E-state index contributed by atoms with van der Waals surface area (Å²) in [7, 11) is 1.75. The van der Waals surface area contributed by atoms with E-state index in [0.29, 0.717) is 12.6 Å². The first-order valence-electron chi connectivity index (χ1n) is 6.89. The molecular weight excluding hydrogens is 256 g/mol. The minimum atomic E-state index is 0.349. The third kappa shape index (κ3) is 4.13. The summed E-state index contributed by atoms with van der Waals surface area (Å²) in [6.07, 6.45) is 0. The molecule has 2 N–H and O–H groups in total. The van der Waals surface area contributed by atoms with Gasteiger partial charge in [-0.05, 0) is 31.7 Å². The maximum Gasteiger partial charge on any atom is 0.0663 e. The number of nitrogens with two attached hydrogens (primary N) is 1. The van der Waals surface area contributed by atoms with Crippen molar-refractivity contribution in [3.8, 4) is 0 Å². The minimum absolute atomic E-state index is 0.349. The number of hydrogen-bond acceptors (Lipinski definition) is 4. The molecular formula is C15H26N2OS. The Hall–Kier alpha value is -0.710. The molecule has 3 nitrogen and oxygen atoms in total. The van der Waals surface area contributed by atoms with Crippen molar-refractivity contribution in [1.29, 1.82) is 0 Å². The molecule has 19 heavy (non-hydrogen) atoms. The summed E-state index contributed by atoms with van der Waals surface area (Å²) in [5.74, 6) is 1.07. The van der Waals surface area contributed by atoms with E-state index in [1.54, 1.807) is 7.11 Å². The largest absolute Gasteiger partial charge is 0.383 e. The van der Waals surface area contributed by atoms with Crippen molar-refractivity contribution in [1.82, 2.24) is 0 Å². The second-order valence-electron chi connectivity index (χ2n) is 4.48. The molecule has 0 aliphatic carbocycles. The molecule has 4 heteroatoms. The lowest BCUT2D eigenvalue weighted by atomic mass is 10.1. The third-order valence-corrected chi connectivity index (χ3v) is 4.18. The lowest BCUT2D eigenvalue weighted by molar-refractivity contribution is 0.182. The Kier molecular flexibility index (Phi) is 7.28. The van der Waals surface area contributed by atoms with E-state index in [1.165, 1.54) is 16.1 Å². The predicted octanol–water partition coefficient (Wildman–Crippen LogP) is 3.12. The van der Waals surface area contributed by atoms with Gasteiger partial charge in [0, 0.05) is 42.4 Å². The summed E-state index contributed by atoms with van der Waals surface area (Å²) in [6.45, 7) is 8.79. The van der Waals surface area contributed by atoms with Gasteiger partial charge in [-0.1, -0.05) is 13.0 Å². The van der Waals surface area contributed by atoms with Gasteiger partial charge in [-0.15, -0.1) is 11.8 Å². The van der Waals surface area contributed by atoms with Crippen molar-refractivity contribution < 1.29 is 4.74 Å². The zero-order valence-electron chi connectivity index (χ0n) is 12.5. The average Bonchev–Trinajstić information content (AvgIpc) is 2.40. The molecule has 0 saturated heterocycles. The molecule has 0 fully saturated rings. The van der Waals surface area contributed by atoms with Crippen molar-refractivity contribution in [2.75, 3.05) is 30.9 Å². The Morgan fingerprint density at radius 1 is 1.37 bits per heavy atom. The van der Waals surface area contributed by atoms with Crippen LogP contribution in [-0.2, 0) is 11.3 Å². The predicted molar refractivity (Wildman–Crippen MR) is 85.1 cm³/mol. The summed E-state index contributed by atoms with van der Waals surface area (Å²) in [6, 6.07) is 6.79. The van der Waals surface area contributed by atoms with E-state index in [0.717, 1.165) is 18.9 Å². The number of rotatable bonds is 8. The Labute approximate surface area is 121 Å². The van der Waals surface area contributed by atoms with E-state index in [1.807, 2.05) is 11.8 Å². The van der Waals surface area contributed by atoms with E-state index in [2.05, 4.69) is 43.9 Å². The minimum Gasteiger partial charge on any atom is -0.383 e. The fourth-order valence-electron chi connectivity index (χ4n) is 2.37. The summed E-state index contributed by atoms with van der Waals surface area (Å²) >= 11 is 1.86. The van der Waals surface area contributed by atoms with Crippen LogP contribution >= 0.6 is 11.8 Å². The molecule has 0 heterocycles. The Balaban J connectivity index is 3.11. The number of anilines is 1. The molecule has 1 unspecified atom stereocenters. The SMILES string of the molecule is CCSc1cccc(N(CC)C(C)COC)c1CN. The fraction of sp³-hybridized carbons (Fsp3) is 0.600. The van der Waals surface area contributed by atoms with E-state index < -0.39 is 0 Å². The highest BCUT2D eigenvalue weighted by molar-refractivity contribution is 7.99. The number of ether oxygens (including phenoxy) is 1. The zero-order valence-corrected chi connectivity index (χ0v) is 13.3. The smallest absolute Gasteiger partial charge is 0.0663 e. The van der Waals surface area contributed by atoms with Gasteiger partial charge in [0.1, 0.15) is 0 Å². The monoisotopic (exact) mass is 282 g/mol. The second kappa shape index (κ2) is 8.46. The molecule has 0 radical (unpaired) electrons. The lowest BCUT2D eigenvalue weighted by Gasteiger charge is -2.32. The van der Waals surface area contributed by atoms with Crippen LogP contribution in [0.15, 0.2) is 23.1 Å². The molecule has 0 bridgehead atoms. The quantitative estimate of drug-likeness (QED) is 0.744. The van der Waals surface area contributed by atoms with Crippen molar-refractivity contribution in [2.45, 2.75) is 38.3 Å². The van der Waals surface area contributed by atoms with Gasteiger partial charge in [0.25, 0.3) is 0 Å². The Bertz CT molecular complexity index is 384. The third-order valence-electron chi connectivity index (χ3n) is 3.20. The van der Waals surface area contributed by atoms with E-state index >= 15 is 0 Å². The molecule has 0 amide bonds. The van der Waals surface area contributed by atoms with E-state index in [-0.39, 0.29) is 0 Å². The fourth-order valence-corrected chi connectivity index (χ4v) is 3.22. The van der Waals surface area contributed by atoms with Gasteiger partial charge >= 0.3 is 0 Å². The average molecular weight is 282 g/mol. The van der Waals surface area contributed by atoms with E-state index in [4.69, 9.17) is 10.5 Å². The molecule has 0 saturated carbocycles. The molecule has 1 aromatic rings. The Morgan fingerprint density at radius 3 is 2.63 bits per heavy atom. The highest BCUT2D eigenvalue weighted by Gasteiger charge is 2.17. The van der Waals surface area contributed by atoms with Crippen LogP contribution < -0.4 is 10.6 Å². The summed E-state index contributed by atoms with van der Waals surface area (Å²) in [4.78, 5) is 3.66. The van der Waals surface area contributed by atoms with Crippen LogP contribution in [0, 0.1) is 0 Å². The van der Waals surface area contributed by atoms with E-state index in [9.17, 15) is 0 Å². The van der Waals surface area contributed by atoms with Crippen molar-refractivity contribution in [3.63, 3.8) is 0 Å². The van der Waals surface area contributed by atoms with Crippen LogP contribution in [-0.4, -0.2) is 32.1 Å². The molecule has 0 spiro atoms. The first-order valence-corrected chi connectivity index (χ1v) is 7.88. The number of nitrogens with zero attached hydrogens (tertiary/aromatic N) is 1. The van der Waals surface area contributed by atoms with Crippen molar-refractivity contribution >= 4 is 17.4 Å². The number of likely N-dealkylation sites (N-methyl/N-ethyl adjacent to an activating group) is 1. The summed E-state index contributed by atoms with van der Waals surface area (Å²) in [5.41, 5.74) is 8.47. The van der Waals surface area contributed by atoms with Crippen LogP contribution in [0.4, 0.5) is 5.69 Å². The number of thioether (sulfide) groups is 1.